The summed E-state index contributed by atoms with van der Waals surface area (Å²) in [5.41, 5.74) is 9.01. The number of imide groups is 1. The zero-order chi connectivity index (χ0) is 25.6. The van der Waals surface area contributed by atoms with Gasteiger partial charge in [0.05, 0.1) is 28.4 Å². The van der Waals surface area contributed by atoms with Gasteiger partial charge in [-0.25, -0.2) is 4.99 Å². The number of carbonyl (C=O) groups excluding carboxylic acids is 2. The molecule has 3 aliphatic rings. The molecule has 5 rings (SSSR count). The predicted molar refractivity (Wildman–Crippen MR) is 130 cm³/mol. The van der Waals surface area contributed by atoms with Crippen LogP contribution in [0, 0.1) is 0 Å². The average Bonchev–Trinajstić information content (AvgIpc) is 3.54. The number of hydrogen-bond acceptors (Lipinski definition) is 9. The third-order valence-corrected chi connectivity index (χ3v) is 6.37. The van der Waals surface area contributed by atoms with Gasteiger partial charge >= 0.3 is 17.1 Å². The molecule has 10 nitrogen and oxygen atoms in total. The van der Waals surface area contributed by atoms with Gasteiger partial charge in [-0.05, 0) is 48.7 Å². The zero-order valence-corrected chi connectivity index (χ0v) is 20.8. The van der Waals surface area contributed by atoms with Crippen LogP contribution in [0.1, 0.15) is 47.4 Å². The summed E-state index contributed by atoms with van der Waals surface area (Å²) < 4.78 is 5.20. The van der Waals surface area contributed by atoms with Crippen molar-refractivity contribution in [2.24, 2.45) is 10.1 Å². The van der Waals surface area contributed by atoms with Crippen LogP contribution in [0.15, 0.2) is 68.0 Å². The molecule has 2 amide bonds. The summed E-state index contributed by atoms with van der Waals surface area (Å²) >= 11 is 0. The number of furan rings is 1. The number of nitrogens with one attached hydrogen (secondary N) is 1. The fourth-order valence-electron chi connectivity index (χ4n) is 4.51. The SMILES string of the molecule is CCC(CC)N1C(=O)c2c(N)ccc(NN=c3c([O-])c4ccc(=Nc5ccco5)cc-4c3=O)c2C1=O.[Cu+2]. The molecule has 2 aromatic rings. The van der Waals surface area contributed by atoms with E-state index >= 15 is 0 Å². The summed E-state index contributed by atoms with van der Waals surface area (Å²) in [5.74, 6) is -1.15. The third kappa shape index (κ3) is 4.22. The molecule has 11 heteroatoms. The van der Waals surface area contributed by atoms with Crippen molar-refractivity contribution in [2.75, 3.05) is 11.2 Å². The Bertz CT molecular complexity index is 1630. The fourth-order valence-corrected chi connectivity index (χ4v) is 4.51. The molecule has 37 heavy (non-hydrogen) atoms. The number of benzene rings is 2. The first kappa shape index (κ1) is 25.9. The monoisotopic (exact) mass is 547 g/mol. The Balaban J connectivity index is 0.00000320. The van der Waals surface area contributed by atoms with Crippen LogP contribution in [0.5, 0.6) is 5.75 Å². The molecule has 2 aliphatic carbocycles. The summed E-state index contributed by atoms with van der Waals surface area (Å²) in [5, 5.41) is 17.0. The number of rotatable bonds is 6. The van der Waals surface area contributed by atoms with Crippen LogP contribution in [-0.2, 0) is 17.1 Å². The van der Waals surface area contributed by atoms with Crippen LogP contribution in [0.25, 0.3) is 11.1 Å². The van der Waals surface area contributed by atoms with Gasteiger partial charge in [0.1, 0.15) is 5.36 Å². The molecule has 0 bridgehead atoms. The minimum Gasteiger partial charge on any atom is -0.870 e. The van der Waals surface area contributed by atoms with Gasteiger partial charge in [-0.3, -0.25) is 24.7 Å². The predicted octanol–water partition coefficient (Wildman–Crippen LogP) is 2.22. The first-order chi connectivity index (χ1) is 17.3. The topological polar surface area (TPSA) is 153 Å². The molecule has 0 spiro atoms. The van der Waals surface area contributed by atoms with Gasteiger partial charge in [-0.1, -0.05) is 25.7 Å². The summed E-state index contributed by atoms with van der Waals surface area (Å²) in [7, 11) is 0. The smallest absolute Gasteiger partial charge is 0.870 e. The van der Waals surface area contributed by atoms with Gasteiger partial charge in [0.15, 0.2) is 0 Å². The fraction of sp³-hybridized carbons (Fsp3) is 0.192. The van der Waals surface area contributed by atoms with E-state index in [0.29, 0.717) is 24.1 Å². The normalized spacial score (nSPS) is 14.1. The molecule has 191 valence electrons. The van der Waals surface area contributed by atoms with Crippen molar-refractivity contribution in [3.8, 4) is 16.9 Å². The van der Waals surface area contributed by atoms with Crippen LogP contribution in [0.3, 0.4) is 0 Å². The van der Waals surface area contributed by atoms with Crippen molar-refractivity contribution < 1.29 is 36.2 Å². The summed E-state index contributed by atoms with van der Waals surface area (Å²) in [4.78, 5) is 44.8. The summed E-state index contributed by atoms with van der Waals surface area (Å²) in [6.07, 6.45) is 2.68. The van der Waals surface area contributed by atoms with E-state index in [1.54, 1.807) is 18.2 Å². The second-order valence-electron chi connectivity index (χ2n) is 8.43. The molecule has 0 unspecified atom stereocenters. The quantitative estimate of drug-likeness (QED) is 0.162. The molecule has 0 saturated carbocycles. The summed E-state index contributed by atoms with van der Waals surface area (Å²) in [6.45, 7) is 3.79. The molecule has 1 aromatic heterocycles. The minimum absolute atomic E-state index is 0. The number of fused-ring (bicyclic) bond motifs is 2. The van der Waals surface area contributed by atoms with Crippen molar-refractivity contribution in [3.63, 3.8) is 0 Å². The maximum absolute atomic E-state index is 13.2. The Labute approximate surface area is 221 Å². The standard InChI is InChI=1S/C26H23N5O5.Cu/c1-3-14(4-2)31-25(34)20-17(27)9-10-18(21(20)26(31)35)29-30-22-23(32)15-8-7-13(12-16(15)24(22)33)28-19-6-5-11-36-19;/h5-12,14,29,32H,3-4,27H2,1-2H3;/q;+2/p-1. The first-order valence-electron chi connectivity index (χ1n) is 11.5. The Kier molecular flexibility index (Phi) is 7.02. The second-order valence-corrected chi connectivity index (χ2v) is 8.43. The first-order valence-corrected chi connectivity index (χ1v) is 11.5. The molecule has 0 atom stereocenters. The van der Waals surface area contributed by atoms with E-state index in [2.05, 4.69) is 15.5 Å². The molecule has 1 radical (unpaired) electrons. The molecular weight excluding hydrogens is 526 g/mol. The van der Waals surface area contributed by atoms with Gasteiger partial charge in [0, 0.05) is 23.4 Å². The number of nitrogens with zero attached hydrogens (tertiary/aromatic N) is 3. The molecule has 3 N–H and O–H groups in total. The van der Waals surface area contributed by atoms with Crippen LogP contribution in [0.2, 0.25) is 0 Å². The number of nitrogen functional groups attached to an aromatic ring is 1. The van der Waals surface area contributed by atoms with Crippen molar-refractivity contribution in [1.29, 1.82) is 0 Å². The number of anilines is 2. The third-order valence-electron chi connectivity index (χ3n) is 6.37. The summed E-state index contributed by atoms with van der Waals surface area (Å²) in [6, 6.07) is 10.7. The van der Waals surface area contributed by atoms with Crippen molar-refractivity contribution in [2.45, 2.75) is 32.7 Å². The van der Waals surface area contributed by atoms with Crippen LogP contribution in [0.4, 0.5) is 17.3 Å². The molecule has 1 aromatic carbocycles. The van der Waals surface area contributed by atoms with Gasteiger partial charge in [-0.2, -0.15) is 5.10 Å². The maximum Gasteiger partial charge on any atom is 2.00 e. The van der Waals surface area contributed by atoms with E-state index < -0.39 is 23.0 Å². The molecule has 1 aliphatic heterocycles. The number of carbonyl (C=O) groups is 2. The Morgan fingerprint density at radius 2 is 1.76 bits per heavy atom. The maximum atomic E-state index is 13.2. The van der Waals surface area contributed by atoms with E-state index in [-0.39, 0.29) is 62.1 Å². The molecule has 0 fully saturated rings. The van der Waals surface area contributed by atoms with Crippen molar-refractivity contribution in [3.05, 3.63) is 80.8 Å². The van der Waals surface area contributed by atoms with Gasteiger partial charge in [0.2, 0.25) is 11.3 Å². The average molecular weight is 548 g/mol. The van der Waals surface area contributed by atoms with E-state index in [4.69, 9.17) is 10.2 Å². The molecular formula is C26H22CuN5O5+. The van der Waals surface area contributed by atoms with E-state index in [0.717, 1.165) is 0 Å². The Hall–Kier alpha value is -4.21. The van der Waals surface area contributed by atoms with Gasteiger partial charge < -0.3 is 15.3 Å². The Morgan fingerprint density at radius 3 is 2.43 bits per heavy atom. The van der Waals surface area contributed by atoms with Crippen LogP contribution < -0.4 is 32.4 Å². The zero-order valence-electron chi connectivity index (χ0n) is 19.9. The molecule has 0 saturated heterocycles. The van der Waals surface area contributed by atoms with Gasteiger partial charge in [0.25, 0.3) is 11.8 Å². The van der Waals surface area contributed by atoms with Crippen molar-refractivity contribution in [1.82, 2.24) is 4.90 Å². The van der Waals surface area contributed by atoms with E-state index in [1.807, 2.05) is 13.8 Å². The second kappa shape index (κ2) is 10.0. The van der Waals surface area contributed by atoms with Crippen molar-refractivity contribution >= 4 is 29.1 Å². The number of amides is 2. The minimum atomic E-state index is -0.577. The number of hydrogen-bond donors (Lipinski definition) is 2. The number of nitrogens with two attached hydrogens (primary N) is 1. The van der Waals surface area contributed by atoms with Crippen LogP contribution in [-0.4, -0.2) is 22.8 Å². The Morgan fingerprint density at radius 1 is 1.03 bits per heavy atom. The van der Waals surface area contributed by atoms with Gasteiger partial charge in [-0.15, -0.1) is 0 Å². The largest absolute Gasteiger partial charge is 2.00 e. The molecule has 2 heterocycles. The van der Waals surface area contributed by atoms with E-state index in [9.17, 15) is 19.5 Å². The van der Waals surface area contributed by atoms with E-state index in [1.165, 1.54) is 35.4 Å². The van der Waals surface area contributed by atoms with Crippen LogP contribution >= 0.6 is 0 Å².